The summed E-state index contributed by atoms with van der Waals surface area (Å²) >= 11 is 0. The van der Waals surface area contributed by atoms with Gasteiger partial charge >= 0.3 is 0 Å². The summed E-state index contributed by atoms with van der Waals surface area (Å²) in [5.41, 5.74) is 2.25. The Morgan fingerprint density at radius 3 is 2.21 bits per heavy atom. The summed E-state index contributed by atoms with van der Waals surface area (Å²) in [6, 6.07) is 14.7. The third kappa shape index (κ3) is 5.54. The molecule has 2 aliphatic rings. The summed E-state index contributed by atoms with van der Waals surface area (Å²) in [5, 5.41) is 0. The summed E-state index contributed by atoms with van der Waals surface area (Å²) in [6.45, 7) is 4.50. The number of hydrogen-bond acceptors (Lipinski definition) is 6. The van der Waals surface area contributed by atoms with E-state index in [2.05, 4.69) is 29.2 Å². The molecule has 0 saturated carbocycles. The van der Waals surface area contributed by atoms with Crippen LogP contribution in [0.3, 0.4) is 0 Å². The molecule has 2 saturated heterocycles. The molecule has 34 heavy (non-hydrogen) atoms. The van der Waals surface area contributed by atoms with Gasteiger partial charge in [0.1, 0.15) is 5.75 Å². The molecule has 0 unspecified atom stereocenters. The van der Waals surface area contributed by atoms with Crippen molar-refractivity contribution >= 4 is 21.6 Å². The summed E-state index contributed by atoms with van der Waals surface area (Å²) in [4.78, 5) is 17.3. The van der Waals surface area contributed by atoms with Crippen molar-refractivity contribution in [3.05, 3.63) is 54.1 Å². The first kappa shape index (κ1) is 24.5. The van der Waals surface area contributed by atoms with Crippen molar-refractivity contribution in [1.29, 1.82) is 0 Å². The van der Waals surface area contributed by atoms with Gasteiger partial charge < -0.3 is 19.3 Å². The van der Waals surface area contributed by atoms with Crippen LogP contribution in [-0.4, -0.2) is 77.1 Å². The number of morpholine rings is 1. The van der Waals surface area contributed by atoms with Gasteiger partial charge in [0.25, 0.3) is 0 Å². The number of piperidine rings is 1. The third-order valence-corrected chi connectivity index (χ3v) is 8.52. The van der Waals surface area contributed by atoms with Crippen molar-refractivity contribution in [3.63, 3.8) is 0 Å². The molecule has 2 aliphatic heterocycles. The van der Waals surface area contributed by atoms with Crippen LogP contribution in [0.2, 0.25) is 0 Å². The highest BCUT2D eigenvalue weighted by atomic mass is 32.2. The Bertz CT molecular complexity index is 1060. The predicted octanol–water partition coefficient (Wildman–Crippen LogP) is 2.59. The zero-order valence-electron chi connectivity index (χ0n) is 19.9. The number of sulfonamides is 1. The highest BCUT2D eigenvalue weighted by molar-refractivity contribution is 7.89. The topological polar surface area (TPSA) is 79.4 Å². The molecule has 8 nitrogen and oxygen atoms in total. The molecule has 0 spiro atoms. The second kappa shape index (κ2) is 10.8. The zero-order valence-corrected chi connectivity index (χ0v) is 20.7. The maximum atomic E-state index is 13.0. The third-order valence-electron chi connectivity index (χ3n) is 6.61. The normalized spacial score (nSPS) is 18.0. The summed E-state index contributed by atoms with van der Waals surface area (Å²) < 4.78 is 37.9. The number of anilines is 1. The fourth-order valence-corrected chi connectivity index (χ4v) is 6.01. The molecule has 2 heterocycles. The van der Waals surface area contributed by atoms with Crippen molar-refractivity contribution < 1.29 is 22.7 Å². The molecule has 2 aromatic rings. The van der Waals surface area contributed by atoms with Crippen molar-refractivity contribution in [1.82, 2.24) is 9.21 Å². The van der Waals surface area contributed by atoms with Crippen LogP contribution in [0, 0.1) is 5.92 Å². The Balaban J connectivity index is 1.30. The fourth-order valence-electron chi connectivity index (χ4n) is 4.54. The van der Waals surface area contributed by atoms with Gasteiger partial charge in [-0.05, 0) is 54.8 Å². The molecular weight excluding hydrogens is 454 g/mol. The van der Waals surface area contributed by atoms with Crippen molar-refractivity contribution in [2.24, 2.45) is 5.92 Å². The first-order valence-corrected chi connectivity index (χ1v) is 13.1. The number of rotatable bonds is 7. The van der Waals surface area contributed by atoms with Gasteiger partial charge in [0.05, 0.1) is 25.2 Å². The van der Waals surface area contributed by atoms with Crippen molar-refractivity contribution in [2.75, 3.05) is 58.5 Å². The monoisotopic (exact) mass is 487 g/mol. The average molecular weight is 488 g/mol. The number of hydrogen-bond donors (Lipinski definition) is 0. The Morgan fingerprint density at radius 2 is 1.62 bits per heavy atom. The molecule has 4 rings (SSSR count). The molecule has 1 amide bonds. The molecule has 0 radical (unpaired) electrons. The fraction of sp³-hybridized carbons (Fsp3) is 0.480. The molecule has 0 atom stereocenters. The molecule has 0 N–H and O–H groups in total. The Morgan fingerprint density at radius 1 is 1.00 bits per heavy atom. The van der Waals surface area contributed by atoms with Gasteiger partial charge in [0.2, 0.25) is 15.9 Å². The lowest BCUT2D eigenvalue weighted by molar-refractivity contribution is -0.135. The van der Waals surface area contributed by atoms with E-state index in [9.17, 15) is 13.2 Å². The molecule has 0 aromatic heterocycles. The largest absolute Gasteiger partial charge is 0.497 e. The van der Waals surface area contributed by atoms with Gasteiger partial charge in [-0.1, -0.05) is 12.1 Å². The number of carbonyl (C=O) groups is 1. The van der Waals surface area contributed by atoms with E-state index in [0.717, 1.165) is 31.9 Å². The van der Waals surface area contributed by atoms with Crippen LogP contribution in [0.25, 0.3) is 0 Å². The maximum absolute atomic E-state index is 13.0. The number of carbonyl (C=O) groups excluding carboxylic acids is 1. The number of amides is 1. The Labute approximate surface area is 202 Å². The van der Waals surface area contributed by atoms with Gasteiger partial charge in [-0.25, -0.2) is 8.42 Å². The highest BCUT2D eigenvalue weighted by Gasteiger charge is 2.33. The van der Waals surface area contributed by atoms with Crippen LogP contribution in [-0.2, 0) is 26.1 Å². The van der Waals surface area contributed by atoms with Gasteiger partial charge in [-0.3, -0.25) is 4.79 Å². The minimum absolute atomic E-state index is 0.0683. The summed E-state index contributed by atoms with van der Waals surface area (Å²) in [5.74, 6) is 0.515. The van der Waals surface area contributed by atoms with Gasteiger partial charge in [-0.2, -0.15) is 4.31 Å². The standard InChI is InChI=1S/C25H33N3O5S/c1-26(19-20-3-5-22(6-4-20)27-15-17-33-18-16-27)25(29)21-11-13-28(14-12-21)34(30,31)24-9-7-23(32-2)8-10-24/h3-10,21H,11-19H2,1-2H3. The van der Waals surface area contributed by atoms with E-state index in [4.69, 9.17) is 9.47 Å². The second-order valence-electron chi connectivity index (χ2n) is 8.81. The van der Waals surface area contributed by atoms with E-state index in [1.54, 1.807) is 36.3 Å². The number of methoxy groups -OCH3 is 1. The number of ether oxygens (including phenoxy) is 2. The van der Waals surface area contributed by atoms with Gasteiger partial charge in [-0.15, -0.1) is 0 Å². The average Bonchev–Trinajstić information content (AvgIpc) is 2.89. The molecular formula is C25H33N3O5S. The van der Waals surface area contributed by atoms with Crippen molar-refractivity contribution in [3.8, 4) is 5.75 Å². The smallest absolute Gasteiger partial charge is 0.243 e. The molecule has 0 aliphatic carbocycles. The molecule has 2 fully saturated rings. The van der Waals surface area contributed by atoms with E-state index >= 15 is 0 Å². The van der Waals surface area contributed by atoms with E-state index < -0.39 is 10.0 Å². The highest BCUT2D eigenvalue weighted by Crippen LogP contribution is 2.26. The van der Waals surface area contributed by atoms with Crippen LogP contribution in [0.5, 0.6) is 5.75 Å². The molecule has 9 heteroatoms. The summed E-state index contributed by atoms with van der Waals surface area (Å²) in [6.07, 6.45) is 1.04. The molecule has 0 bridgehead atoms. The van der Waals surface area contributed by atoms with Gasteiger partial charge in [0, 0.05) is 51.4 Å². The van der Waals surface area contributed by atoms with Crippen LogP contribution in [0.15, 0.2) is 53.4 Å². The Kier molecular flexibility index (Phi) is 7.75. The van der Waals surface area contributed by atoms with Crippen LogP contribution in [0.1, 0.15) is 18.4 Å². The quantitative estimate of drug-likeness (QED) is 0.597. The lowest BCUT2D eigenvalue weighted by Gasteiger charge is -2.32. The summed E-state index contributed by atoms with van der Waals surface area (Å²) in [7, 11) is -0.215. The van der Waals surface area contributed by atoms with Crippen LogP contribution >= 0.6 is 0 Å². The minimum Gasteiger partial charge on any atom is -0.497 e. The SMILES string of the molecule is COc1ccc(S(=O)(=O)N2CCC(C(=O)N(C)Cc3ccc(N4CCOCC4)cc3)CC2)cc1. The lowest BCUT2D eigenvalue weighted by atomic mass is 9.96. The minimum atomic E-state index is -3.58. The second-order valence-corrected chi connectivity index (χ2v) is 10.8. The molecule has 184 valence electrons. The predicted molar refractivity (Wildman–Crippen MR) is 130 cm³/mol. The van der Waals surface area contributed by atoms with E-state index in [1.165, 1.54) is 9.99 Å². The van der Waals surface area contributed by atoms with Crippen LogP contribution in [0.4, 0.5) is 5.69 Å². The lowest BCUT2D eigenvalue weighted by Crippen LogP contribution is -2.43. The van der Waals surface area contributed by atoms with E-state index in [-0.39, 0.29) is 16.7 Å². The first-order valence-electron chi connectivity index (χ1n) is 11.7. The first-order chi connectivity index (χ1) is 16.4. The molecule has 2 aromatic carbocycles. The van der Waals surface area contributed by atoms with Crippen LogP contribution < -0.4 is 9.64 Å². The van der Waals surface area contributed by atoms with E-state index in [0.29, 0.717) is 38.2 Å². The van der Waals surface area contributed by atoms with E-state index in [1.807, 2.05) is 7.05 Å². The number of nitrogens with zero attached hydrogens (tertiary/aromatic N) is 3. The number of benzene rings is 2. The zero-order chi connectivity index (χ0) is 24.1. The van der Waals surface area contributed by atoms with Gasteiger partial charge in [0.15, 0.2) is 0 Å². The maximum Gasteiger partial charge on any atom is 0.243 e. The van der Waals surface area contributed by atoms with Crippen molar-refractivity contribution in [2.45, 2.75) is 24.3 Å². The Hall–Kier alpha value is -2.62.